The number of thioether (sulfide) groups is 1. The van der Waals surface area contributed by atoms with Crippen LogP contribution in [0.1, 0.15) is 19.8 Å². The molecule has 4 heteroatoms. The average molecular weight is 221 g/mol. The highest BCUT2D eigenvalue weighted by molar-refractivity contribution is 7.98. The van der Waals surface area contributed by atoms with E-state index in [-0.39, 0.29) is 5.91 Å². The average Bonchev–Trinajstić information content (AvgIpc) is 2.13. The molecule has 1 unspecified atom stereocenters. The van der Waals surface area contributed by atoms with Gasteiger partial charge in [-0.3, -0.25) is 4.79 Å². The van der Waals surface area contributed by atoms with Crippen LogP contribution in [0, 0.1) is 0 Å². The number of carbonyl (C=O) groups excluding carboxylic acids is 1. The molecule has 0 bridgehead atoms. The summed E-state index contributed by atoms with van der Waals surface area (Å²) in [5, 5.41) is 0. The zero-order valence-electron chi connectivity index (χ0n) is 8.62. The van der Waals surface area contributed by atoms with Crippen LogP contribution in [0.4, 0.5) is 0 Å². The minimum absolute atomic E-state index is 0.205. The molecule has 78 valence electrons. The quantitative estimate of drug-likeness (QED) is 0.691. The number of hydrogen-bond acceptors (Lipinski definition) is 3. The molecule has 0 aromatic carbocycles. The zero-order valence-corrected chi connectivity index (χ0v) is 10.3. The van der Waals surface area contributed by atoms with Gasteiger partial charge in [0.05, 0.1) is 0 Å². The van der Waals surface area contributed by atoms with Crippen molar-refractivity contribution in [1.29, 1.82) is 0 Å². The smallest absolute Gasteiger partial charge is 0.223 e. The number of rotatable bonds is 6. The molecule has 2 nitrogen and oxygen atoms in total. The van der Waals surface area contributed by atoms with Gasteiger partial charge in [0.15, 0.2) is 0 Å². The van der Waals surface area contributed by atoms with Crippen LogP contribution in [0.5, 0.6) is 0 Å². The third kappa shape index (κ3) is 4.81. The molecule has 0 saturated carbocycles. The fraction of sp³-hybridized carbons (Fsp3) is 0.889. The molecule has 0 rings (SSSR count). The van der Waals surface area contributed by atoms with E-state index in [9.17, 15) is 4.79 Å². The molecule has 0 radical (unpaired) electrons. The number of carbonyl (C=O) groups is 1. The van der Waals surface area contributed by atoms with Crippen LogP contribution in [0.15, 0.2) is 0 Å². The fourth-order valence-electron chi connectivity index (χ4n) is 1.17. The minimum atomic E-state index is 0.205. The third-order valence-corrected chi connectivity index (χ3v) is 3.04. The summed E-state index contributed by atoms with van der Waals surface area (Å²) in [5.41, 5.74) is 0. The van der Waals surface area contributed by atoms with Gasteiger partial charge in [-0.1, -0.05) is 6.92 Å². The molecule has 0 aliphatic heterocycles. The standard InChI is InChI=1S/C9H19NOS2/c1-4-8(7-13-3)10(2)9(11)5-6-12/h8,12H,4-7H2,1-3H3. The van der Waals surface area contributed by atoms with E-state index in [0.717, 1.165) is 12.2 Å². The normalized spacial score (nSPS) is 12.6. The summed E-state index contributed by atoms with van der Waals surface area (Å²) in [6, 6.07) is 0.377. The second-order valence-electron chi connectivity index (χ2n) is 3.00. The maximum Gasteiger partial charge on any atom is 0.223 e. The maximum absolute atomic E-state index is 11.5. The Bertz CT molecular complexity index is 153. The molecule has 0 aromatic rings. The van der Waals surface area contributed by atoms with Gasteiger partial charge in [0.25, 0.3) is 0 Å². The molecular formula is C9H19NOS2. The topological polar surface area (TPSA) is 20.3 Å². The molecule has 0 aromatic heterocycles. The monoisotopic (exact) mass is 221 g/mol. The zero-order chi connectivity index (χ0) is 10.3. The van der Waals surface area contributed by atoms with Crippen LogP contribution >= 0.6 is 24.4 Å². The summed E-state index contributed by atoms with van der Waals surface area (Å²) < 4.78 is 0. The van der Waals surface area contributed by atoms with E-state index in [4.69, 9.17) is 0 Å². The van der Waals surface area contributed by atoms with Crippen LogP contribution in [-0.2, 0) is 4.79 Å². The van der Waals surface area contributed by atoms with Crippen LogP contribution in [-0.4, -0.2) is 41.7 Å². The lowest BCUT2D eigenvalue weighted by atomic mass is 10.2. The lowest BCUT2D eigenvalue weighted by Crippen LogP contribution is -2.38. The molecule has 1 atom stereocenters. The fourth-order valence-corrected chi connectivity index (χ4v) is 2.21. The van der Waals surface area contributed by atoms with Gasteiger partial charge >= 0.3 is 0 Å². The highest BCUT2D eigenvalue weighted by Gasteiger charge is 2.16. The molecular weight excluding hydrogens is 202 g/mol. The van der Waals surface area contributed by atoms with Crippen LogP contribution in [0.2, 0.25) is 0 Å². The number of amides is 1. The Morgan fingerprint density at radius 3 is 2.62 bits per heavy atom. The van der Waals surface area contributed by atoms with Gasteiger partial charge in [0.2, 0.25) is 5.91 Å². The Labute approximate surface area is 90.9 Å². The highest BCUT2D eigenvalue weighted by atomic mass is 32.2. The van der Waals surface area contributed by atoms with E-state index in [1.165, 1.54) is 0 Å². The first-order valence-electron chi connectivity index (χ1n) is 4.52. The van der Waals surface area contributed by atoms with Gasteiger partial charge in [-0.2, -0.15) is 24.4 Å². The Morgan fingerprint density at radius 1 is 1.62 bits per heavy atom. The summed E-state index contributed by atoms with van der Waals surface area (Å²) in [6.45, 7) is 2.12. The summed E-state index contributed by atoms with van der Waals surface area (Å²) in [7, 11) is 1.89. The van der Waals surface area contributed by atoms with Gasteiger partial charge in [-0.05, 0) is 18.4 Å². The van der Waals surface area contributed by atoms with Crippen molar-refractivity contribution >= 4 is 30.3 Å². The SMILES string of the molecule is CCC(CSC)N(C)C(=O)CCS. The van der Waals surface area contributed by atoms with Gasteiger partial charge < -0.3 is 4.90 Å². The highest BCUT2D eigenvalue weighted by Crippen LogP contribution is 2.09. The molecule has 0 aliphatic rings. The summed E-state index contributed by atoms with van der Waals surface area (Å²) in [4.78, 5) is 13.3. The lowest BCUT2D eigenvalue weighted by molar-refractivity contribution is -0.131. The van der Waals surface area contributed by atoms with E-state index < -0.39 is 0 Å². The van der Waals surface area contributed by atoms with Crippen molar-refractivity contribution in [3.8, 4) is 0 Å². The summed E-state index contributed by atoms with van der Waals surface area (Å²) >= 11 is 5.84. The van der Waals surface area contributed by atoms with Crippen molar-refractivity contribution in [2.45, 2.75) is 25.8 Å². The first kappa shape index (κ1) is 13.2. The predicted molar refractivity (Wildman–Crippen MR) is 63.7 cm³/mol. The minimum Gasteiger partial charge on any atom is -0.342 e. The predicted octanol–water partition coefficient (Wildman–Crippen LogP) is 1.91. The van der Waals surface area contributed by atoms with Gasteiger partial charge in [-0.25, -0.2) is 0 Å². The van der Waals surface area contributed by atoms with Crippen molar-refractivity contribution in [2.24, 2.45) is 0 Å². The summed E-state index contributed by atoms with van der Waals surface area (Å²) in [5.74, 6) is 1.86. The van der Waals surface area contributed by atoms with E-state index in [2.05, 4.69) is 25.8 Å². The Hall–Kier alpha value is 0.170. The van der Waals surface area contributed by atoms with Crippen LogP contribution < -0.4 is 0 Å². The number of hydrogen-bond donors (Lipinski definition) is 1. The van der Waals surface area contributed by atoms with Crippen molar-refractivity contribution in [2.75, 3.05) is 24.8 Å². The maximum atomic E-state index is 11.5. The Balaban J connectivity index is 4.02. The molecule has 13 heavy (non-hydrogen) atoms. The Kier molecular flexibility index (Phi) is 7.66. The van der Waals surface area contributed by atoms with Crippen molar-refractivity contribution in [3.05, 3.63) is 0 Å². The van der Waals surface area contributed by atoms with Crippen molar-refractivity contribution in [1.82, 2.24) is 4.90 Å². The van der Waals surface area contributed by atoms with E-state index in [0.29, 0.717) is 18.2 Å². The molecule has 1 amide bonds. The molecule has 0 heterocycles. The number of thiol groups is 1. The van der Waals surface area contributed by atoms with Gasteiger partial charge in [-0.15, -0.1) is 0 Å². The molecule has 0 N–H and O–H groups in total. The van der Waals surface area contributed by atoms with E-state index in [1.807, 2.05) is 11.9 Å². The second-order valence-corrected chi connectivity index (χ2v) is 4.35. The number of nitrogens with zero attached hydrogens (tertiary/aromatic N) is 1. The third-order valence-electron chi connectivity index (χ3n) is 2.10. The largest absolute Gasteiger partial charge is 0.342 e. The first-order valence-corrected chi connectivity index (χ1v) is 6.55. The summed E-state index contributed by atoms with van der Waals surface area (Å²) in [6.07, 6.45) is 3.64. The van der Waals surface area contributed by atoms with Crippen molar-refractivity contribution < 1.29 is 4.79 Å². The molecule has 0 spiro atoms. The van der Waals surface area contributed by atoms with Gasteiger partial charge in [0, 0.05) is 25.3 Å². The lowest BCUT2D eigenvalue weighted by Gasteiger charge is -2.26. The van der Waals surface area contributed by atoms with Crippen LogP contribution in [0.3, 0.4) is 0 Å². The second kappa shape index (κ2) is 7.56. The first-order chi connectivity index (χ1) is 6.17. The van der Waals surface area contributed by atoms with E-state index >= 15 is 0 Å². The van der Waals surface area contributed by atoms with E-state index in [1.54, 1.807) is 11.8 Å². The van der Waals surface area contributed by atoms with Crippen LogP contribution in [0.25, 0.3) is 0 Å². The molecule has 0 aliphatic carbocycles. The Morgan fingerprint density at radius 2 is 2.23 bits per heavy atom. The molecule has 0 saturated heterocycles. The van der Waals surface area contributed by atoms with Crippen molar-refractivity contribution in [3.63, 3.8) is 0 Å². The van der Waals surface area contributed by atoms with Gasteiger partial charge in [0.1, 0.15) is 0 Å². The molecule has 0 fully saturated rings.